The number of benzene rings is 1. The minimum atomic E-state index is 0.311. The minimum Gasteiger partial charge on any atom is -0.494 e. The first-order valence-electron chi connectivity index (χ1n) is 6.94. The second kappa shape index (κ2) is 5.95. The lowest BCUT2D eigenvalue weighted by atomic mass is 10.1. The van der Waals surface area contributed by atoms with E-state index in [4.69, 9.17) is 10.5 Å². The zero-order valence-electron chi connectivity index (χ0n) is 12.5. The third-order valence-electron chi connectivity index (χ3n) is 3.45. The predicted octanol–water partition coefficient (Wildman–Crippen LogP) is 2.11. The highest BCUT2D eigenvalue weighted by Gasteiger charge is 2.17. The summed E-state index contributed by atoms with van der Waals surface area (Å²) >= 11 is 0. The number of aromatic nitrogens is 4. The second-order valence-electron chi connectivity index (χ2n) is 4.91. The number of hydrogen-bond acceptors (Lipinski definition) is 5. The van der Waals surface area contributed by atoms with Crippen LogP contribution < -0.4 is 10.5 Å². The van der Waals surface area contributed by atoms with Crippen LogP contribution in [0.15, 0.2) is 42.7 Å². The third kappa shape index (κ3) is 2.44. The zero-order valence-corrected chi connectivity index (χ0v) is 12.5. The molecule has 0 aliphatic heterocycles. The number of aryl methyl sites for hydroxylation is 1. The van der Waals surface area contributed by atoms with Gasteiger partial charge in [-0.1, -0.05) is 11.3 Å². The molecule has 2 heterocycles. The number of pyridine rings is 1. The molecule has 0 aliphatic rings. The van der Waals surface area contributed by atoms with Crippen molar-refractivity contribution in [2.24, 2.45) is 5.73 Å². The van der Waals surface area contributed by atoms with Gasteiger partial charge in [0.05, 0.1) is 12.8 Å². The van der Waals surface area contributed by atoms with Gasteiger partial charge in [-0.15, -0.1) is 5.10 Å². The lowest BCUT2D eigenvalue weighted by Crippen LogP contribution is -2.04. The second-order valence-corrected chi connectivity index (χ2v) is 4.91. The summed E-state index contributed by atoms with van der Waals surface area (Å²) in [6.07, 6.45) is 3.47. The van der Waals surface area contributed by atoms with Crippen LogP contribution >= 0.6 is 0 Å². The Bertz CT molecular complexity index is 782. The van der Waals surface area contributed by atoms with Gasteiger partial charge in [0, 0.05) is 24.5 Å². The molecule has 112 valence electrons. The average molecular weight is 295 g/mol. The smallest absolute Gasteiger partial charge is 0.144 e. The molecule has 1 aromatic carbocycles. The topological polar surface area (TPSA) is 78.8 Å². The van der Waals surface area contributed by atoms with Crippen molar-refractivity contribution in [1.29, 1.82) is 0 Å². The van der Waals surface area contributed by atoms with Gasteiger partial charge in [0.15, 0.2) is 0 Å². The summed E-state index contributed by atoms with van der Waals surface area (Å²) in [5.41, 5.74) is 10.3. The van der Waals surface area contributed by atoms with Crippen molar-refractivity contribution < 1.29 is 4.74 Å². The van der Waals surface area contributed by atoms with E-state index in [0.717, 1.165) is 34.0 Å². The van der Waals surface area contributed by atoms with Crippen LogP contribution in [0.5, 0.6) is 5.75 Å². The van der Waals surface area contributed by atoms with Gasteiger partial charge >= 0.3 is 0 Å². The number of methoxy groups -OCH3 is 1. The van der Waals surface area contributed by atoms with Crippen molar-refractivity contribution in [3.05, 3.63) is 54.0 Å². The van der Waals surface area contributed by atoms with E-state index < -0.39 is 0 Å². The van der Waals surface area contributed by atoms with Crippen LogP contribution in [0.1, 0.15) is 11.3 Å². The summed E-state index contributed by atoms with van der Waals surface area (Å²) < 4.78 is 7.22. The van der Waals surface area contributed by atoms with Crippen LogP contribution in [0, 0.1) is 6.92 Å². The van der Waals surface area contributed by atoms with E-state index in [9.17, 15) is 0 Å². The number of nitrogens with zero attached hydrogens (tertiary/aromatic N) is 4. The van der Waals surface area contributed by atoms with E-state index in [0.29, 0.717) is 6.54 Å². The molecule has 0 saturated heterocycles. The summed E-state index contributed by atoms with van der Waals surface area (Å²) in [7, 11) is 1.64. The molecular formula is C16H17N5O. The van der Waals surface area contributed by atoms with Gasteiger partial charge in [-0.2, -0.15) is 0 Å². The Kier molecular flexibility index (Phi) is 3.84. The summed E-state index contributed by atoms with van der Waals surface area (Å²) in [6.45, 7) is 2.33. The van der Waals surface area contributed by atoms with Crippen LogP contribution in [0.2, 0.25) is 0 Å². The molecule has 0 spiro atoms. The van der Waals surface area contributed by atoms with Gasteiger partial charge in [0.2, 0.25) is 0 Å². The first-order chi connectivity index (χ1) is 10.7. The van der Waals surface area contributed by atoms with Crippen LogP contribution in [0.4, 0.5) is 0 Å². The molecule has 3 rings (SSSR count). The first-order valence-corrected chi connectivity index (χ1v) is 6.94. The molecule has 0 radical (unpaired) electrons. The molecule has 0 aliphatic carbocycles. The van der Waals surface area contributed by atoms with Gasteiger partial charge in [-0.25, -0.2) is 4.68 Å². The molecule has 2 aromatic heterocycles. The Morgan fingerprint density at radius 2 is 1.95 bits per heavy atom. The Balaban J connectivity index is 2.25. The van der Waals surface area contributed by atoms with Crippen molar-refractivity contribution in [3.63, 3.8) is 0 Å². The first kappa shape index (κ1) is 14.2. The minimum absolute atomic E-state index is 0.311. The van der Waals surface area contributed by atoms with Crippen molar-refractivity contribution >= 4 is 0 Å². The van der Waals surface area contributed by atoms with E-state index in [2.05, 4.69) is 15.3 Å². The number of hydrogen-bond donors (Lipinski definition) is 1. The molecular weight excluding hydrogens is 278 g/mol. The maximum atomic E-state index is 5.82. The van der Waals surface area contributed by atoms with Crippen molar-refractivity contribution in [1.82, 2.24) is 20.0 Å². The molecule has 3 aromatic rings. The normalized spacial score (nSPS) is 10.7. The van der Waals surface area contributed by atoms with E-state index in [-0.39, 0.29) is 0 Å². The lowest BCUT2D eigenvalue weighted by Gasteiger charge is -2.12. The van der Waals surface area contributed by atoms with Gasteiger partial charge in [-0.05, 0) is 36.8 Å². The summed E-state index contributed by atoms with van der Waals surface area (Å²) in [4.78, 5) is 4.05. The SMILES string of the molecule is COc1ccc(C)cc1-n1nnc(CN)c1-c1ccncc1. The fourth-order valence-electron chi connectivity index (χ4n) is 2.38. The largest absolute Gasteiger partial charge is 0.494 e. The van der Waals surface area contributed by atoms with E-state index >= 15 is 0 Å². The Hall–Kier alpha value is -2.73. The molecule has 0 amide bonds. The maximum Gasteiger partial charge on any atom is 0.144 e. The van der Waals surface area contributed by atoms with Gasteiger partial charge in [-0.3, -0.25) is 4.98 Å². The van der Waals surface area contributed by atoms with E-state index in [1.165, 1.54) is 0 Å². The Morgan fingerprint density at radius 1 is 1.18 bits per heavy atom. The summed E-state index contributed by atoms with van der Waals surface area (Å²) in [5.74, 6) is 0.731. The highest BCUT2D eigenvalue weighted by molar-refractivity contribution is 5.65. The molecule has 2 N–H and O–H groups in total. The van der Waals surface area contributed by atoms with Gasteiger partial charge in [0.1, 0.15) is 17.1 Å². The molecule has 0 unspecified atom stereocenters. The highest BCUT2D eigenvalue weighted by Crippen LogP contribution is 2.30. The van der Waals surface area contributed by atoms with Gasteiger partial charge in [0.25, 0.3) is 0 Å². The van der Waals surface area contributed by atoms with Crippen LogP contribution in [-0.4, -0.2) is 27.1 Å². The fraction of sp³-hybridized carbons (Fsp3) is 0.188. The predicted molar refractivity (Wildman–Crippen MR) is 83.8 cm³/mol. The molecule has 0 atom stereocenters. The average Bonchev–Trinajstić information content (AvgIpc) is 2.99. The van der Waals surface area contributed by atoms with Crippen molar-refractivity contribution in [3.8, 4) is 22.7 Å². The fourth-order valence-corrected chi connectivity index (χ4v) is 2.38. The van der Waals surface area contributed by atoms with E-state index in [1.807, 2.05) is 37.3 Å². The third-order valence-corrected chi connectivity index (χ3v) is 3.45. The Morgan fingerprint density at radius 3 is 2.64 bits per heavy atom. The van der Waals surface area contributed by atoms with Crippen molar-refractivity contribution in [2.45, 2.75) is 13.5 Å². The quantitative estimate of drug-likeness (QED) is 0.797. The maximum absolute atomic E-state index is 5.82. The van der Waals surface area contributed by atoms with Crippen LogP contribution in [0.25, 0.3) is 16.9 Å². The molecule has 22 heavy (non-hydrogen) atoms. The summed E-state index contributed by atoms with van der Waals surface area (Å²) in [6, 6.07) is 9.76. The number of rotatable bonds is 4. The molecule has 6 nitrogen and oxygen atoms in total. The van der Waals surface area contributed by atoms with Crippen LogP contribution in [-0.2, 0) is 6.54 Å². The number of ether oxygens (including phenoxy) is 1. The lowest BCUT2D eigenvalue weighted by molar-refractivity contribution is 0.411. The van der Waals surface area contributed by atoms with E-state index in [1.54, 1.807) is 24.2 Å². The monoisotopic (exact) mass is 295 g/mol. The summed E-state index contributed by atoms with van der Waals surface area (Å²) in [5, 5.41) is 8.47. The molecule has 0 fully saturated rings. The Labute approximate surface area is 128 Å². The van der Waals surface area contributed by atoms with Crippen molar-refractivity contribution in [2.75, 3.05) is 7.11 Å². The highest BCUT2D eigenvalue weighted by atomic mass is 16.5. The molecule has 6 heteroatoms. The van der Waals surface area contributed by atoms with Gasteiger partial charge < -0.3 is 10.5 Å². The number of nitrogens with two attached hydrogens (primary N) is 1. The standard InChI is InChI=1S/C16H17N5O/c1-11-3-4-15(22-2)14(9-11)21-16(13(10-17)19-20-21)12-5-7-18-8-6-12/h3-9H,10,17H2,1-2H3. The molecule has 0 bridgehead atoms. The van der Waals surface area contributed by atoms with Crippen LogP contribution in [0.3, 0.4) is 0 Å². The zero-order chi connectivity index (χ0) is 15.5. The molecule has 0 saturated carbocycles.